The third-order valence-corrected chi connectivity index (χ3v) is 5.97. The van der Waals surface area contributed by atoms with Crippen LogP contribution in [0.2, 0.25) is 0 Å². The molecule has 29 heavy (non-hydrogen) atoms. The first-order valence-corrected chi connectivity index (χ1v) is 10.8. The molecule has 1 aromatic heterocycles. The Morgan fingerprint density at radius 1 is 1.31 bits per heavy atom. The fraction of sp³-hybridized carbons (Fsp3) is 0.409. The summed E-state index contributed by atoms with van der Waals surface area (Å²) in [6, 6.07) is 6.05. The highest BCUT2D eigenvalue weighted by molar-refractivity contribution is 7.14. The molecule has 0 spiro atoms. The van der Waals surface area contributed by atoms with Crippen molar-refractivity contribution < 1.29 is 18.7 Å². The standard InChI is InChI=1S/C22H25FN2O3S/c1-3-16-8-4-7-11-20(16)28-21(27)13-12-17-14-29-22(24-17)25(15(2)26)19-10-6-5-9-18(19)23/h5-6,9-10,12-14,16,20H,3-4,7-8,11H2,1-2H3. The van der Waals surface area contributed by atoms with Crippen LogP contribution < -0.4 is 4.90 Å². The summed E-state index contributed by atoms with van der Waals surface area (Å²) >= 11 is 1.20. The largest absolute Gasteiger partial charge is 0.459 e. The van der Waals surface area contributed by atoms with Crippen molar-refractivity contribution in [1.29, 1.82) is 0 Å². The van der Waals surface area contributed by atoms with Crippen LogP contribution in [0.5, 0.6) is 0 Å². The Hall–Kier alpha value is -2.54. The van der Waals surface area contributed by atoms with Crippen molar-refractivity contribution in [1.82, 2.24) is 4.98 Å². The normalized spacial score (nSPS) is 19.3. The van der Waals surface area contributed by atoms with E-state index in [0.29, 0.717) is 16.7 Å². The zero-order valence-corrected chi connectivity index (χ0v) is 17.5. The first-order valence-electron chi connectivity index (χ1n) is 9.89. The maximum atomic E-state index is 14.1. The first kappa shape index (κ1) is 21.2. The van der Waals surface area contributed by atoms with Crippen molar-refractivity contribution in [3.63, 3.8) is 0 Å². The highest BCUT2D eigenvalue weighted by atomic mass is 32.1. The van der Waals surface area contributed by atoms with Crippen LogP contribution in [-0.2, 0) is 14.3 Å². The Bertz CT molecular complexity index is 896. The number of nitrogens with zero attached hydrogens (tertiary/aromatic N) is 2. The number of ether oxygens (including phenoxy) is 1. The summed E-state index contributed by atoms with van der Waals surface area (Å²) in [4.78, 5) is 29.9. The van der Waals surface area contributed by atoms with Gasteiger partial charge in [0.25, 0.3) is 0 Å². The summed E-state index contributed by atoms with van der Waals surface area (Å²) in [7, 11) is 0. The summed E-state index contributed by atoms with van der Waals surface area (Å²) in [6.45, 7) is 3.48. The molecule has 154 valence electrons. The van der Waals surface area contributed by atoms with Crippen LogP contribution in [0.3, 0.4) is 0 Å². The molecule has 1 amide bonds. The van der Waals surface area contributed by atoms with Gasteiger partial charge in [-0.05, 0) is 49.8 Å². The summed E-state index contributed by atoms with van der Waals surface area (Å²) < 4.78 is 19.8. The van der Waals surface area contributed by atoms with E-state index in [2.05, 4.69) is 11.9 Å². The number of thiazole rings is 1. The molecule has 2 unspecified atom stereocenters. The molecule has 1 aliphatic rings. The van der Waals surface area contributed by atoms with Gasteiger partial charge in [0.2, 0.25) is 5.91 Å². The number of anilines is 2. The van der Waals surface area contributed by atoms with Crippen LogP contribution in [0.1, 0.15) is 51.6 Å². The van der Waals surface area contributed by atoms with Gasteiger partial charge in [0, 0.05) is 18.4 Å². The summed E-state index contributed by atoms with van der Waals surface area (Å²) in [5.41, 5.74) is 0.660. The molecular weight excluding hydrogens is 391 g/mol. The number of carbonyl (C=O) groups is 2. The van der Waals surface area contributed by atoms with Crippen LogP contribution in [0.15, 0.2) is 35.7 Å². The molecule has 0 saturated heterocycles. The number of halogens is 1. The van der Waals surface area contributed by atoms with Crippen molar-refractivity contribution in [2.75, 3.05) is 4.90 Å². The molecule has 7 heteroatoms. The van der Waals surface area contributed by atoms with Crippen molar-refractivity contribution in [3.05, 3.63) is 47.2 Å². The molecule has 1 aliphatic carbocycles. The number of carbonyl (C=O) groups excluding carboxylic acids is 2. The smallest absolute Gasteiger partial charge is 0.331 e. The second-order valence-electron chi connectivity index (χ2n) is 7.12. The number of esters is 1. The van der Waals surface area contributed by atoms with Crippen molar-refractivity contribution >= 4 is 40.1 Å². The maximum absolute atomic E-state index is 14.1. The minimum atomic E-state index is -0.503. The monoisotopic (exact) mass is 416 g/mol. The average molecular weight is 417 g/mol. The number of benzene rings is 1. The van der Waals surface area contributed by atoms with Gasteiger partial charge >= 0.3 is 5.97 Å². The second-order valence-corrected chi connectivity index (χ2v) is 7.96. The number of hydrogen-bond acceptors (Lipinski definition) is 5. The Labute approximate surface area is 174 Å². The van der Waals surface area contributed by atoms with E-state index in [1.54, 1.807) is 23.6 Å². The highest BCUT2D eigenvalue weighted by Crippen LogP contribution is 2.31. The van der Waals surface area contributed by atoms with Gasteiger partial charge in [0.05, 0.1) is 11.4 Å². The SMILES string of the molecule is CCC1CCCCC1OC(=O)C=Cc1csc(N(C(C)=O)c2ccccc2F)n1. The van der Waals surface area contributed by atoms with E-state index in [4.69, 9.17) is 4.74 Å². The minimum absolute atomic E-state index is 0.0221. The molecule has 3 rings (SSSR count). The van der Waals surface area contributed by atoms with Crippen LogP contribution in [0.4, 0.5) is 15.2 Å². The molecule has 1 aromatic carbocycles. The molecule has 0 N–H and O–H groups in total. The van der Waals surface area contributed by atoms with Gasteiger partial charge in [-0.15, -0.1) is 11.3 Å². The van der Waals surface area contributed by atoms with Crippen molar-refractivity contribution in [2.24, 2.45) is 5.92 Å². The lowest BCUT2D eigenvalue weighted by Crippen LogP contribution is -2.29. The second kappa shape index (κ2) is 9.78. The molecule has 2 aromatic rings. The summed E-state index contributed by atoms with van der Waals surface area (Å²) in [6.07, 6.45) is 8.20. The Morgan fingerprint density at radius 3 is 2.79 bits per heavy atom. The van der Waals surface area contributed by atoms with E-state index >= 15 is 0 Å². The molecule has 1 fully saturated rings. The fourth-order valence-corrected chi connectivity index (χ4v) is 4.48. The first-order chi connectivity index (χ1) is 14.0. The lowest BCUT2D eigenvalue weighted by atomic mass is 9.85. The van der Waals surface area contributed by atoms with Gasteiger partial charge in [-0.1, -0.05) is 25.5 Å². The highest BCUT2D eigenvalue weighted by Gasteiger charge is 2.26. The van der Waals surface area contributed by atoms with Crippen LogP contribution in [0.25, 0.3) is 6.08 Å². The lowest BCUT2D eigenvalue weighted by molar-refractivity contribution is -0.147. The topological polar surface area (TPSA) is 59.5 Å². The predicted octanol–water partition coefficient (Wildman–Crippen LogP) is 5.49. The number of aromatic nitrogens is 1. The van der Waals surface area contributed by atoms with E-state index in [1.165, 1.54) is 47.8 Å². The zero-order chi connectivity index (χ0) is 20.8. The maximum Gasteiger partial charge on any atom is 0.331 e. The van der Waals surface area contributed by atoms with Crippen LogP contribution >= 0.6 is 11.3 Å². The predicted molar refractivity (Wildman–Crippen MR) is 112 cm³/mol. The van der Waals surface area contributed by atoms with Gasteiger partial charge in [0.15, 0.2) is 5.13 Å². The van der Waals surface area contributed by atoms with Gasteiger partial charge in [0.1, 0.15) is 11.9 Å². The molecule has 0 radical (unpaired) electrons. The Morgan fingerprint density at radius 2 is 2.07 bits per heavy atom. The third kappa shape index (κ3) is 5.29. The average Bonchev–Trinajstić information content (AvgIpc) is 3.17. The molecule has 1 heterocycles. The number of amides is 1. The van der Waals surface area contributed by atoms with Gasteiger partial charge in [-0.2, -0.15) is 0 Å². The third-order valence-electron chi connectivity index (χ3n) is 5.13. The number of para-hydroxylation sites is 1. The molecule has 5 nitrogen and oxygen atoms in total. The van der Waals surface area contributed by atoms with E-state index in [-0.39, 0.29) is 23.7 Å². The molecular formula is C22H25FN2O3S. The minimum Gasteiger partial charge on any atom is -0.459 e. The lowest BCUT2D eigenvalue weighted by Gasteiger charge is -2.29. The van der Waals surface area contributed by atoms with E-state index in [1.807, 2.05) is 0 Å². The molecule has 0 bridgehead atoms. The van der Waals surface area contributed by atoms with Crippen molar-refractivity contribution in [3.8, 4) is 0 Å². The van der Waals surface area contributed by atoms with Crippen molar-refractivity contribution in [2.45, 2.75) is 52.1 Å². The van der Waals surface area contributed by atoms with Gasteiger partial charge in [-0.25, -0.2) is 14.2 Å². The number of hydrogen-bond donors (Lipinski definition) is 0. The number of rotatable bonds is 6. The van der Waals surface area contributed by atoms with E-state index in [9.17, 15) is 14.0 Å². The molecule has 2 atom stereocenters. The quantitative estimate of drug-likeness (QED) is 0.461. The van der Waals surface area contributed by atoms with Crippen LogP contribution in [0, 0.1) is 11.7 Å². The Kier molecular flexibility index (Phi) is 7.14. The van der Waals surface area contributed by atoms with Gasteiger partial charge < -0.3 is 4.74 Å². The summed E-state index contributed by atoms with van der Waals surface area (Å²) in [5, 5.41) is 2.06. The molecule has 1 saturated carbocycles. The van der Waals surface area contributed by atoms with E-state index < -0.39 is 5.82 Å². The summed E-state index contributed by atoms with van der Waals surface area (Å²) in [5.74, 6) is -0.807. The molecule has 0 aliphatic heterocycles. The van der Waals surface area contributed by atoms with Crippen LogP contribution in [-0.4, -0.2) is 23.0 Å². The van der Waals surface area contributed by atoms with Gasteiger partial charge in [-0.3, -0.25) is 9.69 Å². The zero-order valence-electron chi connectivity index (χ0n) is 16.6. The fourth-order valence-electron chi connectivity index (χ4n) is 3.63. The van der Waals surface area contributed by atoms with E-state index in [0.717, 1.165) is 25.7 Å². The Balaban J connectivity index is 1.69.